The fourth-order valence-corrected chi connectivity index (χ4v) is 9.20. The van der Waals surface area contributed by atoms with E-state index in [1.54, 1.807) is 0 Å². The number of ether oxygens (including phenoxy) is 2. The number of benzene rings is 6. The maximum atomic E-state index is 7.13. The first-order valence-corrected chi connectivity index (χ1v) is 21.7. The molecule has 0 heterocycles. The first-order valence-electron chi connectivity index (χ1n) is 21.7. The van der Waals surface area contributed by atoms with Crippen LogP contribution in [0.25, 0.3) is 11.1 Å². The van der Waals surface area contributed by atoms with Gasteiger partial charge in [-0.3, -0.25) is 0 Å². The molecule has 0 radical (unpaired) electrons. The van der Waals surface area contributed by atoms with Crippen LogP contribution in [0.15, 0.2) is 109 Å². The second-order valence-electron chi connectivity index (χ2n) is 18.5. The number of hydrogen-bond donors (Lipinski definition) is 2. The molecule has 6 aromatic carbocycles. The van der Waals surface area contributed by atoms with Gasteiger partial charge in [0.05, 0.1) is 5.41 Å². The van der Waals surface area contributed by atoms with Gasteiger partial charge < -0.3 is 20.9 Å². The summed E-state index contributed by atoms with van der Waals surface area (Å²) in [5.41, 5.74) is 28.1. The van der Waals surface area contributed by atoms with E-state index in [2.05, 4.69) is 168 Å². The summed E-state index contributed by atoms with van der Waals surface area (Å²) in [6.07, 6.45) is 0. The molecule has 59 heavy (non-hydrogen) atoms. The normalized spacial score (nSPS) is 13.3. The molecule has 306 valence electrons. The van der Waals surface area contributed by atoms with Gasteiger partial charge in [0, 0.05) is 11.4 Å². The van der Waals surface area contributed by atoms with Gasteiger partial charge in [0.15, 0.2) is 0 Å². The molecule has 0 aromatic heterocycles. The SMILES string of the molecule is CC(C)c1cc(N)ccc1Oc1c(C(C)C)cc(C2(c3cc(C(C)C)c(Oc4ccc(N)cc4C(C)C)c(C(C)C)c3)c3ccccc3-c3ccccc32)cc1C(C)C. The molecule has 1 aliphatic rings. The van der Waals surface area contributed by atoms with E-state index in [1.165, 1.54) is 55.6 Å². The van der Waals surface area contributed by atoms with Crippen LogP contribution in [0.2, 0.25) is 0 Å². The Hall–Kier alpha value is -5.48. The minimum absolute atomic E-state index is 0.186. The van der Waals surface area contributed by atoms with Crippen LogP contribution in [0.5, 0.6) is 23.0 Å². The molecule has 4 nitrogen and oxygen atoms in total. The average molecular weight is 785 g/mol. The van der Waals surface area contributed by atoms with E-state index in [4.69, 9.17) is 20.9 Å². The van der Waals surface area contributed by atoms with Crippen molar-refractivity contribution in [3.63, 3.8) is 0 Å². The maximum absolute atomic E-state index is 7.13. The fourth-order valence-electron chi connectivity index (χ4n) is 9.20. The molecule has 0 fully saturated rings. The van der Waals surface area contributed by atoms with Gasteiger partial charge in [0.1, 0.15) is 23.0 Å². The molecule has 0 saturated heterocycles. The molecule has 1 aliphatic carbocycles. The highest BCUT2D eigenvalue weighted by Gasteiger charge is 2.47. The topological polar surface area (TPSA) is 70.5 Å². The second-order valence-corrected chi connectivity index (χ2v) is 18.5. The van der Waals surface area contributed by atoms with Crippen LogP contribution in [0, 0.1) is 0 Å². The van der Waals surface area contributed by atoms with Crippen molar-refractivity contribution in [1.29, 1.82) is 0 Å². The monoisotopic (exact) mass is 784 g/mol. The Morgan fingerprint density at radius 2 is 0.678 bits per heavy atom. The molecular formula is C55H64N2O2. The lowest BCUT2D eigenvalue weighted by Gasteiger charge is -2.37. The lowest BCUT2D eigenvalue weighted by Crippen LogP contribution is -2.30. The first kappa shape index (κ1) is 41.7. The minimum atomic E-state index is -0.626. The van der Waals surface area contributed by atoms with Crippen LogP contribution < -0.4 is 20.9 Å². The van der Waals surface area contributed by atoms with Crippen LogP contribution in [0.4, 0.5) is 11.4 Å². The summed E-state index contributed by atoms with van der Waals surface area (Å²) in [6.45, 7) is 27.1. The molecule has 0 atom stereocenters. The van der Waals surface area contributed by atoms with Crippen molar-refractivity contribution < 1.29 is 9.47 Å². The average Bonchev–Trinajstić information content (AvgIpc) is 3.49. The predicted octanol–water partition coefficient (Wildman–Crippen LogP) is 15.5. The number of anilines is 2. The Balaban J connectivity index is 1.57. The van der Waals surface area contributed by atoms with E-state index < -0.39 is 5.41 Å². The van der Waals surface area contributed by atoms with Crippen LogP contribution in [0.1, 0.15) is 174 Å². The standard InChI is InChI=1S/C55H64N2O2/c1-31(2)43-29-39(56)21-23-51(43)58-53-45(33(5)6)25-37(26-46(53)34(7)8)55(49-19-15-13-17-41(49)42-18-14-16-20-50(42)55)38-27-47(35(9)10)54(48(28-38)36(11)12)59-52-24-22-40(57)30-44(52)32(3)4/h13-36H,56-57H2,1-12H3. The number of nitrogens with two attached hydrogens (primary N) is 2. The van der Waals surface area contributed by atoms with E-state index >= 15 is 0 Å². The molecule has 0 saturated carbocycles. The highest BCUT2D eigenvalue weighted by molar-refractivity contribution is 5.87. The zero-order chi connectivity index (χ0) is 42.5. The van der Waals surface area contributed by atoms with Gasteiger partial charge in [-0.2, -0.15) is 0 Å². The summed E-state index contributed by atoms with van der Waals surface area (Å²) >= 11 is 0. The number of fused-ring (bicyclic) bond motifs is 3. The Morgan fingerprint density at radius 1 is 0.373 bits per heavy atom. The predicted molar refractivity (Wildman–Crippen MR) is 250 cm³/mol. The van der Waals surface area contributed by atoms with Crippen molar-refractivity contribution in [2.24, 2.45) is 0 Å². The van der Waals surface area contributed by atoms with Crippen molar-refractivity contribution in [3.8, 4) is 34.1 Å². The van der Waals surface area contributed by atoms with Gasteiger partial charge in [0.25, 0.3) is 0 Å². The van der Waals surface area contributed by atoms with Crippen molar-refractivity contribution >= 4 is 11.4 Å². The molecule has 0 amide bonds. The van der Waals surface area contributed by atoms with Gasteiger partial charge in [-0.05, 0) is 139 Å². The van der Waals surface area contributed by atoms with Gasteiger partial charge in [-0.1, -0.05) is 156 Å². The molecule has 0 spiro atoms. The highest BCUT2D eigenvalue weighted by Crippen LogP contribution is 2.59. The van der Waals surface area contributed by atoms with Gasteiger partial charge in [0.2, 0.25) is 0 Å². The smallest absolute Gasteiger partial charge is 0.134 e. The van der Waals surface area contributed by atoms with E-state index in [0.29, 0.717) is 0 Å². The molecular weight excluding hydrogens is 721 g/mol. The van der Waals surface area contributed by atoms with Gasteiger partial charge >= 0.3 is 0 Å². The molecule has 0 bridgehead atoms. The Bertz CT molecular complexity index is 2270. The van der Waals surface area contributed by atoms with Crippen molar-refractivity contribution in [3.05, 3.63) is 165 Å². The summed E-state index contributed by atoms with van der Waals surface area (Å²) in [6, 6.07) is 40.0. The number of rotatable bonds is 12. The quantitative estimate of drug-likeness (QED) is 0.121. The first-order chi connectivity index (χ1) is 28.0. The van der Waals surface area contributed by atoms with Crippen LogP contribution in [0.3, 0.4) is 0 Å². The number of nitrogen functional groups attached to an aromatic ring is 2. The summed E-state index contributed by atoms with van der Waals surface area (Å²) in [5.74, 6) is 4.85. The summed E-state index contributed by atoms with van der Waals surface area (Å²) in [4.78, 5) is 0. The molecule has 0 aliphatic heterocycles. The van der Waals surface area contributed by atoms with Crippen molar-refractivity contribution in [2.75, 3.05) is 11.5 Å². The summed E-state index contributed by atoms with van der Waals surface area (Å²) in [7, 11) is 0. The van der Waals surface area contributed by atoms with Gasteiger partial charge in [-0.15, -0.1) is 0 Å². The van der Waals surface area contributed by atoms with Crippen LogP contribution in [-0.2, 0) is 5.41 Å². The third-order valence-corrected chi connectivity index (χ3v) is 12.3. The Labute approximate surface area is 354 Å². The van der Waals surface area contributed by atoms with E-state index in [0.717, 1.165) is 45.5 Å². The van der Waals surface area contributed by atoms with E-state index in [1.807, 2.05) is 24.3 Å². The number of hydrogen-bond acceptors (Lipinski definition) is 4. The zero-order valence-corrected chi connectivity index (χ0v) is 37.3. The lowest BCUT2D eigenvalue weighted by molar-refractivity contribution is 0.454. The second kappa shape index (κ2) is 16.3. The highest BCUT2D eigenvalue weighted by atomic mass is 16.5. The maximum Gasteiger partial charge on any atom is 0.134 e. The van der Waals surface area contributed by atoms with E-state index in [-0.39, 0.29) is 35.5 Å². The molecule has 4 N–H and O–H groups in total. The van der Waals surface area contributed by atoms with Crippen molar-refractivity contribution in [1.82, 2.24) is 0 Å². The summed E-state index contributed by atoms with van der Waals surface area (Å²) < 4.78 is 14.3. The lowest BCUT2D eigenvalue weighted by atomic mass is 9.65. The molecule has 0 unspecified atom stereocenters. The van der Waals surface area contributed by atoms with E-state index in [9.17, 15) is 0 Å². The van der Waals surface area contributed by atoms with Gasteiger partial charge in [-0.25, -0.2) is 0 Å². The minimum Gasteiger partial charge on any atom is -0.456 e. The fraction of sp³-hybridized carbons (Fsp3) is 0.345. The van der Waals surface area contributed by atoms with Crippen molar-refractivity contribution in [2.45, 2.75) is 124 Å². The molecule has 4 heteroatoms. The molecule has 7 rings (SSSR count). The Morgan fingerprint density at radius 3 is 0.983 bits per heavy atom. The van der Waals surface area contributed by atoms with Crippen LogP contribution in [-0.4, -0.2) is 0 Å². The zero-order valence-electron chi connectivity index (χ0n) is 37.3. The largest absolute Gasteiger partial charge is 0.456 e. The third-order valence-electron chi connectivity index (χ3n) is 12.3. The van der Waals surface area contributed by atoms with Crippen LogP contribution >= 0.6 is 0 Å². The third kappa shape index (κ3) is 7.41. The Kier molecular flexibility index (Phi) is 11.5. The summed E-state index contributed by atoms with van der Waals surface area (Å²) in [5, 5.41) is 0. The molecule has 6 aromatic rings.